The number of nitrogens with zero attached hydrogens (tertiary/aromatic N) is 2. The van der Waals surface area contributed by atoms with Crippen LogP contribution in [0.1, 0.15) is 38.5 Å². The predicted octanol–water partition coefficient (Wildman–Crippen LogP) is 1.29. The zero-order valence-electron chi connectivity index (χ0n) is 14.8. The summed E-state index contributed by atoms with van der Waals surface area (Å²) < 4.78 is 10.5. The van der Waals surface area contributed by atoms with Gasteiger partial charge in [-0.2, -0.15) is 0 Å². The largest absolute Gasteiger partial charge is 0.383 e. The maximum atomic E-state index is 12.9. The molecule has 0 N–H and O–H groups in total. The third-order valence-electron chi connectivity index (χ3n) is 5.99. The van der Waals surface area contributed by atoms with E-state index in [2.05, 4.69) is 0 Å². The lowest BCUT2D eigenvalue weighted by Crippen LogP contribution is -2.40. The molecule has 0 aromatic heterocycles. The standard InChI is InChI=1S/C18H30N2O4/c1-23-14-11-20-10-7-18(17(20)22)5-2-8-19(9-6-18)16(21)15-3-12-24-13-4-15/h15H,2-14H2,1H3. The molecule has 24 heavy (non-hydrogen) atoms. The van der Waals surface area contributed by atoms with Crippen molar-refractivity contribution in [2.24, 2.45) is 11.3 Å². The Labute approximate surface area is 144 Å². The minimum atomic E-state index is -0.238. The van der Waals surface area contributed by atoms with Crippen LogP contribution in [0, 0.1) is 11.3 Å². The quantitative estimate of drug-likeness (QED) is 0.775. The van der Waals surface area contributed by atoms with Crippen LogP contribution in [0.2, 0.25) is 0 Å². The van der Waals surface area contributed by atoms with E-state index in [4.69, 9.17) is 9.47 Å². The molecule has 3 heterocycles. The highest BCUT2D eigenvalue weighted by Crippen LogP contribution is 2.41. The molecule has 3 aliphatic rings. The Morgan fingerprint density at radius 3 is 2.71 bits per heavy atom. The fraction of sp³-hybridized carbons (Fsp3) is 0.889. The molecule has 1 atom stereocenters. The van der Waals surface area contributed by atoms with Gasteiger partial charge >= 0.3 is 0 Å². The first kappa shape index (κ1) is 17.7. The van der Waals surface area contributed by atoms with Gasteiger partial charge in [-0.25, -0.2) is 0 Å². The zero-order valence-corrected chi connectivity index (χ0v) is 14.8. The molecule has 3 aliphatic heterocycles. The molecule has 136 valence electrons. The molecule has 0 aliphatic carbocycles. The van der Waals surface area contributed by atoms with E-state index in [1.807, 2.05) is 9.80 Å². The number of carbonyl (C=O) groups excluding carboxylic acids is 2. The Balaban J connectivity index is 1.58. The molecule has 6 heteroatoms. The third kappa shape index (κ3) is 3.59. The van der Waals surface area contributed by atoms with Crippen LogP contribution in [0.25, 0.3) is 0 Å². The molecule has 1 spiro atoms. The Kier molecular flexibility index (Phi) is 5.76. The molecule has 0 radical (unpaired) electrons. The second-order valence-corrected chi connectivity index (χ2v) is 7.38. The Bertz CT molecular complexity index is 464. The highest BCUT2D eigenvalue weighted by Gasteiger charge is 2.47. The van der Waals surface area contributed by atoms with Crippen LogP contribution >= 0.6 is 0 Å². The minimum Gasteiger partial charge on any atom is -0.383 e. The van der Waals surface area contributed by atoms with E-state index >= 15 is 0 Å². The zero-order chi connectivity index (χ0) is 17.0. The van der Waals surface area contributed by atoms with Crippen molar-refractivity contribution in [1.29, 1.82) is 0 Å². The molecule has 2 amide bonds. The van der Waals surface area contributed by atoms with Crippen molar-refractivity contribution in [2.75, 3.05) is 53.1 Å². The summed E-state index contributed by atoms with van der Waals surface area (Å²) in [5.41, 5.74) is -0.238. The molecular weight excluding hydrogens is 308 g/mol. The molecule has 0 bridgehead atoms. The summed E-state index contributed by atoms with van der Waals surface area (Å²) in [6.07, 6.45) is 5.25. The first-order valence-electron chi connectivity index (χ1n) is 9.31. The number of methoxy groups -OCH3 is 1. The van der Waals surface area contributed by atoms with Gasteiger partial charge in [0.15, 0.2) is 0 Å². The van der Waals surface area contributed by atoms with E-state index in [1.54, 1.807) is 7.11 Å². The lowest BCUT2D eigenvalue weighted by molar-refractivity contribution is -0.140. The number of hydrogen-bond acceptors (Lipinski definition) is 4. The van der Waals surface area contributed by atoms with Gasteiger partial charge < -0.3 is 19.3 Å². The van der Waals surface area contributed by atoms with Gasteiger partial charge in [-0.15, -0.1) is 0 Å². The average molecular weight is 338 g/mol. The van der Waals surface area contributed by atoms with Gasteiger partial charge in [0.2, 0.25) is 11.8 Å². The van der Waals surface area contributed by atoms with Crippen LogP contribution in [0.3, 0.4) is 0 Å². The topological polar surface area (TPSA) is 59.1 Å². The fourth-order valence-electron chi connectivity index (χ4n) is 4.39. The molecule has 0 aromatic rings. The molecule has 3 fully saturated rings. The summed E-state index contributed by atoms with van der Waals surface area (Å²) >= 11 is 0. The summed E-state index contributed by atoms with van der Waals surface area (Å²) in [6, 6.07) is 0. The molecular formula is C18H30N2O4. The maximum Gasteiger partial charge on any atom is 0.229 e. The van der Waals surface area contributed by atoms with Crippen LogP contribution in [0.15, 0.2) is 0 Å². The van der Waals surface area contributed by atoms with Crippen molar-refractivity contribution in [1.82, 2.24) is 9.80 Å². The first-order valence-corrected chi connectivity index (χ1v) is 9.31. The number of carbonyl (C=O) groups is 2. The summed E-state index contributed by atoms with van der Waals surface area (Å²) in [5.74, 6) is 0.669. The van der Waals surface area contributed by atoms with E-state index in [-0.39, 0.29) is 23.1 Å². The van der Waals surface area contributed by atoms with Crippen molar-refractivity contribution >= 4 is 11.8 Å². The van der Waals surface area contributed by atoms with Gasteiger partial charge in [0, 0.05) is 52.4 Å². The average Bonchev–Trinajstić information content (AvgIpc) is 2.79. The Morgan fingerprint density at radius 1 is 1.21 bits per heavy atom. The molecule has 3 saturated heterocycles. The minimum absolute atomic E-state index is 0.116. The van der Waals surface area contributed by atoms with Crippen molar-refractivity contribution < 1.29 is 19.1 Å². The van der Waals surface area contributed by atoms with Gasteiger partial charge in [0.1, 0.15) is 0 Å². The van der Waals surface area contributed by atoms with Crippen molar-refractivity contribution in [2.45, 2.75) is 38.5 Å². The summed E-state index contributed by atoms with van der Waals surface area (Å²) in [4.78, 5) is 29.6. The highest BCUT2D eigenvalue weighted by atomic mass is 16.5. The summed E-state index contributed by atoms with van der Waals surface area (Å²) in [6.45, 7) is 5.01. The molecule has 0 saturated carbocycles. The number of ether oxygens (including phenoxy) is 2. The molecule has 3 rings (SSSR count). The second kappa shape index (κ2) is 7.83. The summed E-state index contributed by atoms with van der Waals surface area (Å²) in [7, 11) is 1.67. The smallest absolute Gasteiger partial charge is 0.229 e. The van der Waals surface area contributed by atoms with Crippen LogP contribution in [0.4, 0.5) is 0 Å². The lowest BCUT2D eigenvalue weighted by atomic mass is 9.79. The number of rotatable bonds is 4. The first-order chi connectivity index (χ1) is 11.7. The molecule has 6 nitrogen and oxygen atoms in total. The fourth-order valence-corrected chi connectivity index (χ4v) is 4.39. The summed E-state index contributed by atoms with van der Waals surface area (Å²) in [5, 5.41) is 0. The number of likely N-dealkylation sites (tertiary alicyclic amines) is 2. The van der Waals surface area contributed by atoms with Crippen LogP contribution in [-0.2, 0) is 19.1 Å². The second-order valence-electron chi connectivity index (χ2n) is 7.38. The van der Waals surface area contributed by atoms with E-state index in [0.717, 1.165) is 58.2 Å². The van der Waals surface area contributed by atoms with E-state index in [1.165, 1.54) is 0 Å². The number of amides is 2. The van der Waals surface area contributed by atoms with E-state index in [9.17, 15) is 9.59 Å². The lowest BCUT2D eigenvalue weighted by Gasteiger charge is -2.29. The van der Waals surface area contributed by atoms with Crippen LogP contribution in [-0.4, -0.2) is 74.7 Å². The van der Waals surface area contributed by atoms with Crippen LogP contribution in [0.5, 0.6) is 0 Å². The Morgan fingerprint density at radius 2 is 1.96 bits per heavy atom. The Hall–Kier alpha value is -1.14. The van der Waals surface area contributed by atoms with Gasteiger partial charge in [0.05, 0.1) is 12.0 Å². The van der Waals surface area contributed by atoms with Gasteiger partial charge in [-0.1, -0.05) is 0 Å². The SMILES string of the molecule is COCCN1CCC2(CCCN(C(=O)C3CCOCC3)CC2)C1=O. The van der Waals surface area contributed by atoms with Crippen molar-refractivity contribution in [3.05, 3.63) is 0 Å². The van der Waals surface area contributed by atoms with Crippen molar-refractivity contribution in [3.63, 3.8) is 0 Å². The van der Waals surface area contributed by atoms with Crippen LogP contribution < -0.4 is 0 Å². The maximum absolute atomic E-state index is 12.9. The van der Waals surface area contributed by atoms with Gasteiger partial charge in [-0.05, 0) is 38.5 Å². The van der Waals surface area contributed by atoms with E-state index in [0.29, 0.717) is 26.4 Å². The molecule has 1 unspecified atom stereocenters. The normalized spacial score (nSPS) is 29.3. The predicted molar refractivity (Wildman–Crippen MR) is 89.5 cm³/mol. The third-order valence-corrected chi connectivity index (χ3v) is 5.99. The van der Waals surface area contributed by atoms with Gasteiger partial charge in [0.25, 0.3) is 0 Å². The van der Waals surface area contributed by atoms with Gasteiger partial charge in [-0.3, -0.25) is 9.59 Å². The van der Waals surface area contributed by atoms with Crippen molar-refractivity contribution in [3.8, 4) is 0 Å². The molecule has 0 aromatic carbocycles. The highest BCUT2D eigenvalue weighted by molar-refractivity contribution is 5.85. The monoisotopic (exact) mass is 338 g/mol. The van der Waals surface area contributed by atoms with E-state index < -0.39 is 0 Å². The number of hydrogen-bond donors (Lipinski definition) is 0.